The van der Waals surface area contributed by atoms with Crippen LogP contribution in [-0.4, -0.2) is 98.4 Å². The molecule has 0 aliphatic carbocycles. The monoisotopic (exact) mass is 760 g/mol. The zero-order chi connectivity index (χ0) is 38.1. The fourth-order valence-electron chi connectivity index (χ4n) is 8.79. The second-order valence-corrected chi connectivity index (χ2v) is 33.8. The van der Waals surface area contributed by atoms with Gasteiger partial charge in [0.05, 0.1) is 19.5 Å². The van der Waals surface area contributed by atoms with Crippen LogP contribution in [0.1, 0.15) is 104 Å². The fraction of sp³-hybridized carbons (Fsp3) is 0.919. The molecule has 0 aromatic rings. The lowest BCUT2D eigenvalue weighted by atomic mass is 9.99. The number of aliphatic hydroxyl groups is 1. The minimum absolute atomic E-state index is 0.145. The highest BCUT2D eigenvalue weighted by molar-refractivity contribution is 6.78. The summed E-state index contributed by atoms with van der Waals surface area (Å²) in [5.41, 5.74) is 2.25. The first-order valence-electron chi connectivity index (χ1n) is 19.1. The van der Waals surface area contributed by atoms with Crippen molar-refractivity contribution < 1.29 is 46.9 Å². The van der Waals surface area contributed by atoms with Crippen molar-refractivity contribution in [2.45, 2.75) is 204 Å². The molecule has 10 nitrogen and oxygen atoms in total. The molecular formula is C37H72O10Si3. The molecule has 13 heteroatoms. The van der Waals surface area contributed by atoms with Crippen molar-refractivity contribution in [2.24, 2.45) is 0 Å². The topological polar surface area (TPSA) is 111 Å². The van der Waals surface area contributed by atoms with Gasteiger partial charge in [0.15, 0.2) is 35.1 Å². The van der Waals surface area contributed by atoms with E-state index in [4.69, 9.17) is 37.0 Å². The van der Waals surface area contributed by atoms with Crippen molar-refractivity contribution in [2.75, 3.05) is 13.2 Å². The molecule has 0 bridgehead atoms. The highest BCUT2D eigenvalue weighted by Gasteiger charge is 2.59. The molecule has 292 valence electrons. The van der Waals surface area contributed by atoms with Crippen molar-refractivity contribution in [3.8, 4) is 0 Å². The number of ether oxygens (including phenoxy) is 5. The second kappa shape index (κ2) is 16.7. The Bertz CT molecular complexity index is 1090. The summed E-state index contributed by atoms with van der Waals surface area (Å²) in [7, 11) is -6.95. The van der Waals surface area contributed by atoms with Crippen LogP contribution in [0.15, 0.2) is 12.3 Å². The molecular weight excluding hydrogens is 689 g/mol. The van der Waals surface area contributed by atoms with Crippen LogP contribution in [0, 0.1) is 0 Å². The lowest BCUT2D eigenvalue weighted by molar-refractivity contribution is -0.296. The van der Waals surface area contributed by atoms with E-state index in [-0.39, 0.29) is 18.3 Å². The van der Waals surface area contributed by atoms with Crippen LogP contribution in [0.25, 0.3) is 0 Å². The van der Waals surface area contributed by atoms with Crippen LogP contribution in [0.5, 0.6) is 0 Å². The maximum Gasteiger partial charge on any atom is 0.509 e. The Labute approximate surface area is 307 Å². The summed E-state index contributed by atoms with van der Waals surface area (Å²) in [4.78, 5) is 12.8. The third-order valence-electron chi connectivity index (χ3n) is 12.2. The minimum Gasteiger partial charge on any atom is -0.493 e. The van der Waals surface area contributed by atoms with Crippen molar-refractivity contribution in [1.29, 1.82) is 0 Å². The first-order chi connectivity index (χ1) is 22.9. The Kier molecular flexibility index (Phi) is 14.6. The number of aliphatic hydroxyl groups excluding tert-OH is 1. The van der Waals surface area contributed by atoms with Crippen molar-refractivity contribution in [3.05, 3.63) is 12.3 Å². The molecule has 3 aliphatic heterocycles. The average Bonchev–Trinajstić information content (AvgIpc) is 3.36. The number of carbonyl (C=O) groups excluding carboxylic acids is 1. The van der Waals surface area contributed by atoms with Crippen LogP contribution >= 0.6 is 0 Å². The zero-order valence-corrected chi connectivity index (χ0v) is 37.3. The molecule has 0 amide bonds. The molecule has 0 spiro atoms. The summed E-state index contributed by atoms with van der Waals surface area (Å²) >= 11 is 0. The fourth-order valence-corrected chi connectivity index (χ4v) is 21.0. The minimum atomic E-state index is -2.45. The van der Waals surface area contributed by atoms with E-state index >= 15 is 0 Å². The predicted molar refractivity (Wildman–Crippen MR) is 205 cm³/mol. The number of hydrogen-bond acceptors (Lipinski definition) is 10. The molecule has 2 fully saturated rings. The van der Waals surface area contributed by atoms with E-state index in [0.717, 1.165) is 0 Å². The maximum atomic E-state index is 12.8. The van der Waals surface area contributed by atoms with Gasteiger partial charge in [-0.25, -0.2) is 4.79 Å². The number of rotatable bonds is 16. The third kappa shape index (κ3) is 8.78. The highest BCUT2D eigenvalue weighted by atomic mass is 28.4. The number of fused-ring (bicyclic) bond motifs is 1. The quantitative estimate of drug-likeness (QED) is 0.121. The predicted octanol–water partition coefficient (Wildman–Crippen LogP) is 9.05. The SMILES string of the molecule is CC(C)[Si](OC[C@H]1OC=C[C@@H](O[C@@H]2O[C@H](CO[Si](C(C)C)(C(C)C)C(C)C)[C@@H]3OC(=O)O[C@@H]3[C@H]2O[Si](C)(C)C(C)(C)C)[C@H]1O)(C(C)C)C(C)C. The summed E-state index contributed by atoms with van der Waals surface area (Å²) in [5.74, 6) is 0. The van der Waals surface area contributed by atoms with E-state index in [1.807, 2.05) is 0 Å². The third-order valence-corrected chi connectivity index (χ3v) is 28.9. The van der Waals surface area contributed by atoms with Crippen LogP contribution in [0.3, 0.4) is 0 Å². The van der Waals surface area contributed by atoms with Crippen LogP contribution in [0.2, 0.25) is 51.4 Å². The molecule has 0 unspecified atom stereocenters. The number of carbonyl (C=O) groups is 1. The summed E-state index contributed by atoms with van der Waals surface area (Å²) in [5, 5.41) is 11.6. The Morgan fingerprint density at radius 2 is 1.18 bits per heavy atom. The molecule has 50 heavy (non-hydrogen) atoms. The van der Waals surface area contributed by atoms with Gasteiger partial charge in [0, 0.05) is 0 Å². The van der Waals surface area contributed by atoms with Gasteiger partial charge in [0.1, 0.15) is 30.5 Å². The Morgan fingerprint density at radius 3 is 1.62 bits per heavy atom. The summed E-state index contributed by atoms with van der Waals surface area (Å²) in [6.07, 6.45) is -3.85. The van der Waals surface area contributed by atoms with E-state index in [0.29, 0.717) is 33.2 Å². The van der Waals surface area contributed by atoms with Gasteiger partial charge in [-0.05, 0) is 57.5 Å². The van der Waals surface area contributed by atoms with Crippen molar-refractivity contribution >= 4 is 31.1 Å². The lowest BCUT2D eigenvalue weighted by Crippen LogP contribution is -2.64. The van der Waals surface area contributed by atoms with Gasteiger partial charge in [-0.1, -0.05) is 104 Å². The highest BCUT2D eigenvalue weighted by Crippen LogP contribution is 2.46. The van der Waals surface area contributed by atoms with Crippen LogP contribution < -0.4 is 0 Å². The van der Waals surface area contributed by atoms with Gasteiger partial charge in [-0.3, -0.25) is 0 Å². The van der Waals surface area contributed by atoms with Gasteiger partial charge < -0.3 is 42.1 Å². The molecule has 8 atom stereocenters. The summed E-state index contributed by atoms with van der Waals surface area (Å²) in [6, 6.07) is 0. The van der Waals surface area contributed by atoms with E-state index in [1.54, 1.807) is 12.3 Å². The van der Waals surface area contributed by atoms with Gasteiger partial charge >= 0.3 is 6.16 Å². The van der Waals surface area contributed by atoms with Crippen molar-refractivity contribution in [3.63, 3.8) is 0 Å². The molecule has 1 N–H and O–H groups in total. The van der Waals surface area contributed by atoms with E-state index < -0.39 is 80.1 Å². The van der Waals surface area contributed by atoms with Gasteiger partial charge in [0.25, 0.3) is 0 Å². The molecule has 0 aromatic carbocycles. The van der Waals surface area contributed by atoms with Gasteiger partial charge in [-0.2, -0.15) is 0 Å². The lowest BCUT2D eigenvalue weighted by Gasteiger charge is -2.48. The number of hydrogen-bond donors (Lipinski definition) is 1. The normalized spacial score (nSPS) is 29.7. The second-order valence-electron chi connectivity index (χ2n) is 18.2. The zero-order valence-electron chi connectivity index (χ0n) is 34.3. The van der Waals surface area contributed by atoms with Gasteiger partial charge in [0.2, 0.25) is 8.32 Å². The van der Waals surface area contributed by atoms with E-state index in [2.05, 4.69) is 117 Å². The largest absolute Gasteiger partial charge is 0.509 e. The molecule has 0 radical (unpaired) electrons. The van der Waals surface area contributed by atoms with Crippen molar-refractivity contribution in [1.82, 2.24) is 0 Å². The van der Waals surface area contributed by atoms with Crippen LogP contribution in [0.4, 0.5) is 4.79 Å². The first kappa shape index (κ1) is 43.6. The molecule has 3 heterocycles. The summed E-state index contributed by atoms with van der Waals surface area (Å²) in [6.45, 7) is 38.1. The molecule has 3 aliphatic rings. The molecule has 2 saturated heterocycles. The Morgan fingerprint density at radius 1 is 0.740 bits per heavy atom. The van der Waals surface area contributed by atoms with Gasteiger partial charge in [-0.15, -0.1) is 0 Å². The smallest absolute Gasteiger partial charge is 0.493 e. The molecule has 3 rings (SSSR count). The Balaban J connectivity index is 1.95. The molecule has 0 aromatic heterocycles. The maximum absolute atomic E-state index is 12.8. The Hall–Kier alpha value is -0.779. The molecule has 0 saturated carbocycles. The van der Waals surface area contributed by atoms with E-state index in [9.17, 15) is 9.90 Å². The standard InChI is InChI=1S/C37H72O10Si3/c1-22(2)49(23(3)4,24(5)6)41-20-29-31(38)28(18-19-40-29)43-35-34(47-48(16,17)37(13,14)15)33-32(45-36(39)46-33)30(44-35)21-42-50(25(7)8,26(9)10)27(11)12/h18-19,22-35,38H,20-21H2,1-17H3/t28-,29-,30-,31-,32+,33+,34-,35-/m1/s1. The summed E-state index contributed by atoms with van der Waals surface area (Å²) < 4.78 is 51.8. The van der Waals surface area contributed by atoms with Crippen LogP contribution in [-0.2, 0) is 37.0 Å². The average molecular weight is 761 g/mol. The van der Waals surface area contributed by atoms with E-state index in [1.165, 1.54) is 0 Å². The first-order valence-corrected chi connectivity index (χ1v) is 26.3.